The number of benzene rings is 2. The number of hydrogen-bond acceptors (Lipinski definition) is 1. The summed E-state index contributed by atoms with van der Waals surface area (Å²) >= 11 is 0. The van der Waals surface area contributed by atoms with Gasteiger partial charge in [0.1, 0.15) is 13.6 Å². The Balaban J connectivity index is 1.76. The predicted molar refractivity (Wildman–Crippen MR) is 88.4 cm³/mol. The number of fused-ring (bicyclic) bond motifs is 2. The monoisotopic (exact) mass is 277 g/mol. The number of anilines is 1. The molecule has 0 unspecified atom stereocenters. The zero-order valence-electron chi connectivity index (χ0n) is 12.8. The van der Waals surface area contributed by atoms with E-state index >= 15 is 0 Å². The highest BCUT2D eigenvalue weighted by Gasteiger charge is 2.15. The molecular weight excluding hydrogens is 256 g/mol. The van der Waals surface area contributed by atoms with E-state index in [9.17, 15) is 0 Å². The normalized spacial score (nSPS) is 17.3. The van der Waals surface area contributed by atoms with E-state index in [1.54, 1.807) is 0 Å². The van der Waals surface area contributed by atoms with Gasteiger partial charge in [-0.1, -0.05) is 6.07 Å². The lowest BCUT2D eigenvalue weighted by Gasteiger charge is -2.11. The first-order valence-corrected chi connectivity index (χ1v) is 7.73. The molecule has 0 radical (unpaired) electrons. The maximum Gasteiger partial charge on any atom is 0.203 e. The molecular formula is C19H21N2+. The van der Waals surface area contributed by atoms with Crippen LogP contribution in [0.2, 0.25) is 0 Å². The van der Waals surface area contributed by atoms with E-state index < -0.39 is 0 Å². The van der Waals surface area contributed by atoms with Crippen molar-refractivity contribution in [3.63, 3.8) is 0 Å². The van der Waals surface area contributed by atoms with Crippen molar-refractivity contribution in [1.82, 2.24) is 4.58 Å². The Morgan fingerprint density at radius 1 is 1.05 bits per heavy atom. The van der Waals surface area contributed by atoms with Crippen LogP contribution in [0.4, 0.5) is 5.69 Å². The van der Waals surface area contributed by atoms with Crippen LogP contribution in [0, 0.1) is 0 Å². The minimum Gasteiger partial charge on any atom is -0.374 e. The van der Waals surface area contributed by atoms with Crippen molar-refractivity contribution >= 4 is 11.8 Å². The standard InChI is InChI=1S/C19H21N2/c1-20-9-7-16-12-14(3-5-18(16)20)11-15-4-6-19-17(13-15)8-10-21(19)2/h3-6,11-13H,7-10H2,1-2H3/q+1. The molecule has 0 amide bonds. The average Bonchev–Trinajstić information content (AvgIpc) is 3.03. The Kier molecular flexibility index (Phi) is 2.85. The Labute approximate surface area is 125 Å². The minimum atomic E-state index is 1.14. The maximum absolute atomic E-state index is 2.35. The fourth-order valence-corrected chi connectivity index (χ4v) is 3.55. The summed E-state index contributed by atoms with van der Waals surface area (Å²) in [5.41, 5.74) is 5.66. The van der Waals surface area contributed by atoms with Gasteiger partial charge in [0.15, 0.2) is 0 Å². The van der Waals surface area contributed by atoms with E-state index in [-0.39, 0.29) is 0 Å². The molecule has 2 heterocycles. The third-order valence-corrected chi connectivity index (χ3v) is 4.80. The van der Waals surface area contributed by atoms with Gasteiger partial charge in [0, 0.05) is 37.3 Å². The Morgan fingerprint density at radius 3 is 2.86 bits per heavy atom. The molecule has 2 aromatic rings. The van der Waals surface area contributed by atoms with Gasteiger partial charge in [-0.3, -0.25) is 0 Å². The molecule has 0 aromatic heterocycles. The van der Waals surface area contributed by atoms with Gasteiger partial charge in [-0.25, -0.2) is 4.58 Å². The first-order chi connectivity index (χ1) is 10.2. The number of nitrogens with zero attached hydrogens (tertiary/aromatic N) is 2. The third kappa shape index (κ3) is 2.15. The van der Waals surface area contributed by atoms with Gasteiger partial charge < -0.3 is 4.90 Å². The molecule has 0 saturated carbocycles. The molecule has 2 aromatic carbocycles. The van der Waals surface area contributed by atoms with Gasteiger partial charge >= 0.3 is 0 Å². The number of likely N-dealkylation sites (N-methyl/N-ethyl adjacent to an activating group) is 2. The van der Waals surface area contributed by atoms with Gasteiger partial charge in [-0.2, -0.15) is 0 Å². The van der Waals surface area contributed by atoms with Gasteiger partial charge in [-0.15, -0.1) is 0 Å². The van der Waals surface area contributed by atoms with Gasteiger partial charge in [0.05, 0.1) is 0 Å². The van der Waals surface area contributed by atoms with Crippen molar-refractivity contribution in [3.05, 3.63) is 63.7 Å². The topological polar surface area (TPSA) is 6.25 Å². The van der Waals surface area contributed by atoms with Crippen molar-refractivity contribution in [2.75, 3.05) is 32.1 Å². The second kappa shape index (κ2) is 4.73. The van der Waals surface area contributed by atoms with Crippen LogP contribution < -0.4 is 20.1 Å². The molecule has 0 aliphatic carbocycles. The summed E-state index contributed by atoms with van der Waals surface area (Å²) in [6.07, 6.45) is 4.64. The largest absolute Gasteiger partial charge is 0.374 e. The molecule has 0 spiro atoms. The molecule has 2 aliphatic rings. The molecule has 0 atom stereocenters. The summed E-state index contributed by atoms with van der Waals surface area (Å²) in [7, 11) is 4.35. The van der Waals surface area contributed by atoms with Crippen LogP contribution in [0.15, 0.2) is 36.4 Å². The molecule has 0 N–H and O–H groups in total. The lowest BCUT2D eigenvalue weighted by Crippen LogP contribution is -2.22. The van der Waals surface area contributed by atoms with Crippen molar-refractivity contribution in [1.29, 1.82) is 0 Å². The minimum absolute atomic E-state index is 1.14. The zero-order chi connectivity index (χ0) is 14.4. The molecule has 2 heteroatoms. The summed E-state index contributed by atoms with van der Waals surface area (Å²) < 4.78 is 2.34. The fourth-order valence-electron chi connectivity index (χ4n) is 3.55. The highest BCUT2D eigenvalue weighted by molar-refractivity contribution is 5.63. The molecule has 2 nitrogen and oxygen atoms in total. The van der Waals surface area contributed by atoms with Crippen LogP contribution in [0.25, 0.3) is 6.08 Å². The van der Waals surface area contributed by atoms with Crippen LogP contribution in [0.5, 0.6) is 0 Å². The van der Waals surface area contributed by atoms with Crippen LogP contribution >= 0.6 is 0 Å². The highest BCUT2D eigenvalue weighted by Crippen LogP contribution is 2.27. The second-order valence-electron chi connectivity index (χ2n) is 6.26. The summed E-state index contributed by atoms with van der Waals surface area (Å²) in [5, 5.41) is 2.71. The summed E-state index contributed by atoms with van der Waals surface area (Å²) in [5.74, 6) is 0. The second-order valence-corrected chi connectivity index (χ2v) is 6.26. The lowest BCUT2D eigenvalue weighted by molar-refractivity contribution is 0.719. The van der Waals surface area contributed by atoms with Gasteiger partial charge in [0.2, 0.25) is 5.36 Å². The average molecular weight is 277 g/mol. The SMILES string of the molecule is CN1CCc2cc(/C=c3\ccc4c(c3)CC[N+]=4C)ccc21. The van der Waals surface area contributed by atoms with Crippen molar-refractivity contribution in [2.45, 2.75) is 12.8 Å². The fraction of sp³-hybridized carbons (Fsp3) is 0.316. The van der Waals surface area contributed by atoms with Crippen LogP contribution in [0.3, 0.4) is 0 Å². The highest BCUT2D eigenvalue weighted by atomic mass is 15.1. The Morgan fingerprint density at radius 2 is 1.95 bits per heavy atom. The smallest absolute Gasteiger partial charge is 0.203 e. The van der Waals surface area contributed by atoms with E-state index in [1.807, 2.05) is 0 Å². The number of rotatable bonds is 1. The van der Waals surface area contributed by atoms with E-state index in [0.717, 1.165) is 13.1 Å². The van der Waals surface area contributed by atoms with Crippen LogP contribution in [-0.2, 0) is 12.8 Å². The first-order valence-electron chi connectivity index (χ1n) is 7.73. The van der Waals surface area contributed by atoms with Crippen molar-refractivity contribution in [2.24, 2.45) is 0 Å². The van der Waals surface area contributed by atoms with Crippen molar-refractivity contribution < 1.29 is 0 Å². The van der Waals surface area contributed by atoms with Gasteiger partial charge in [-0.05, 0) is 53.1 Å². The Hall–Kier alpha value is -2.09. The van der Waals surface area contributed by atoms with E-state index in [0.29, 0.717) is 0 Å². The van der Waals surface area contributed by atoms with E-state index in [2.05, 4.69) is 66.0 Å². The van der Waals surface area contributed by atoms with Crippen LogP contribution in [0.1, 0.15) is 16.7 Å². The molecule has 0 saturated heterocycles. The summed E-state index contributed by atoms with van der Waals surface area (Å²) in [6, 6.07) is 13.7. The first kappa shape index (κ1) is 12.6. The summed E-state index contributed by atoms with van der Waals surface area (Å²) in [6.45, 7) is 2.29. The third-order valence-electron chi connectivity index (χ3n) is 4.80. The molecule has 0 fully saturated rings. The predicted octanol–water partition coefficient (Wildman–Crippen LogP) is 1.18. The van der Waals surface area contributed by atoms with E-state index in [4.69, 9.17) is 0 Å². The molecule has 2 aliphatic heterocycles. The van der Waals surface area contributed by atoms with Crippen LogP contribution in [-0.4, -0.2) is 27.2 Å². The number of hydrogen-bond donors (Lipinski definition) is 0. The molecule has 0 bridgehead atoms. The van der Waals surface area contributed by atoms with Crippen molar-refractivity contribution in [3.8, 4) is 0 Å². The quantitative estimate of drug-likeness (QED) is 0.710. The molecule has 4 rings (SSSR count). The lowest BCUT2D eigenvalue weighted by atomic mass is 10.1. The molecule has 21 heavy (non-hydrogen) atoms. The van der Waals surface area contributed by atoms with E-state index in [1.165, 1.54) is 45.8 Å². The zero-order valence-corrected chi connectivity index (χ0v) is 12.8. The molecule has 106 valence electrons. The summed E-state index contributed by atoms with van der Waals surface area (Å²) in [4.78, 5) is 2.34. The van der Waals surface area contributed by atoms with Gasteiger partial charge in [0.25, 0.3) is 0 Å². The maximum atomic E-state index is 2.35. The Bertz CT molecular complexity index is 833.